The van der Waals surface area contributed by atoms with Crippen LogP contribution in [0.1, 0.15) is 39.0 Å². The Bertz CT molecular complexity index is 332. The van der Waals surface area contributed by atoms with Crippen molar-refractivity contribution in [1.82, 2.24) is 10.2 Å². The van der Waals surface area contributed by atoms with Gasteiger partial charge in [0.2, 0.25) is 5.91 Å². The molecule has 0 aromatic heterocycles. The summed E-state index contributed by atoms with van der Waals surface area (Å²) < 4.78 is 5.04. The summed E-state index contributed by atoms with van der Waals surface area (Å²) in [7, 11) is 0. The van der Waals surface area contributed by atoms with Gasteiger partial charge in [0.1, 0.15) is 0 Å². The lowest BCUT2D eigenvalue weighted by Crippen LogP contribution is -2.40. The maximum Gasteiger partial charge on any atom is 0.309 e. The molecule has 114 valence electrons. The molecule has 2 rings (SSSR count). The zero-order valence-electron chi connectivity index (χ0n) is 12.4. The normalized spacial score (nSPS) is 23.9. The highest BCUT2D eigenvalue weighted by Gasteiger charge is 2.28. The highest BCUT2D eigenvalue weighted by Crippen LogP contribution is 2.21. The Balaban J connectivity index is 1.67. The van der Waals surface area contributed by atoms with Gasteiger partial charge in [0.25, 0.3) is 0 Å². The second-order valence-electron chi connectivity index (χ2n) is 5.80. The minimum Gasteiger partial charge on any atom is -0.466 e. The van der Waals surface area contributed by atoms with Gasteiger partial charge in [-0.05, 0) is 51.6 Å². The van der Waals surface area contributed by atoms with Gasteiger partial charge in [0.15, 0.2) is 0 Å². The van der Waals surface area contributed by atoms with Crippen molar-refractivity contribution in [3.8, 4) is 0 Å². The van der Waals surface area contributed by atoms with E-state index in [0.29, 0.717) is 32.0 Å². The molecule has 2 aliphatic heterocycles. The van der Waals surface area contributed by atoms with Crippen LogP contribution in [0.3, 0.4) is 0 Å². The first-order valence-corrected chi connectivity index (χ1v) is 7.85. The maximum absolute atomic E-state index is 12.1. The molecule has 0 saturated carbocycles. The predicted molar refractivity (Wildman–Crippen MR) is 76.1 cm³/mol. The van der Waals surface area contributed by atoms with E-state index < -0.39 is 0 Å². The molecule has 20 heavy (non-hydrogen) atoms. The van der Waals surface area contributed by atoms with E-state index in [0.717, 1.165) is 32.4 Å². The van der Waals surface area contributed by atoms with Crippen LogP contribution in [0.2, 0.25) is 0 Å². The highest BCUT2D eigenvalue weighted by molar-refractivity contribution is 5.77. The van der Waals surface area contributed by atoms with E-state index in [4.69, 9.17) is 4.74 Å². The Morgan fingerprint density at radius 1 is 1.25 bits per heavy atom. The number of amides is 1. The Kier molecular flexibility index (Phi) is 5.83. The van der Waals surface area contributed by atoms with Crippen LogP contribution in [0.15, 0.2) is 0 Å². The van der Waals surface area contributed by atoms with E-state index >= 15 is 0 Å². The van der Waals surface area contributed by atoms with Crippen molar-refractivity contribution in [2.75, 3.05) is 32.8 Å². The number of piperidine rings is 1. The molecule has 2 fully saturated rings. The van der Waals surface area contributed by atoms with Crippen molar-refractivity contribution in [3.05, 3.63) is 0 Å². The van der Waals surface area contributed by atoms with E-state index in [1.165, 1.54) is 6.42 Å². The first kappa shape index (κ1) is 15.3. The predicted octanol–water partition coefficient (Wildman–Crippen LogP) is 1.18. The molecule has 0 bridgehead atoms. The zero-order chi connectivity index (χ0) is 14.4. The zero-order valence-corrected chi connectivity index (χ0v) is 12.4. The average Bonchev–Trinajstić information content (AvgIpc) is 2.98. The second kappa shape index (κ2) is 7.62. The third-order valence-corrected chi connectivity index (χ3v) is 4.40. The molecule has 2 heterocycles. The summed E-state index contributed by atoms with van der Waals surface area (Å²) in [6.45, 7) is 5.81. The summed E-state index contributed by atoms with van der Waals surface area (Å²) >= 11 is 0. The molecule has 1 N–H and O–H groups in total. The Labute approximate surface area is 121 Å². The summed E-state index contributed by atoms with van der Waals surface area (Å²) in [5, 5.41) is 3.33. The fourth-order valence-electron chi connectivity index (χ4n) is 3.07. The molecule has 5 heteroatoms. The highest BCUT2D eigenvalue weighted by atomic mass is 16.5. The summed E-state index contributed by atoms with van der Waals surface area (Å²) in [4.78, 5) is 25.7. The van der Waals surface area contributed by atoms with Gasteiger partial charge in [-0.2, -0.15) is 0 Å². The van der Waals surface area contributed by atoms with E-state index in [1.54, 1.807) is 0 Å². The van der Waals surface area contributed by atoms with Crippen molar-refractivity contribution in [3.63, 3.8) is 0 Å². The third kappa shape index (κ3) is 4.20. The van der Waals surface area contributed by atoms with Crippen LogP contribution in [0, 0.1) is 11.8 Å². The number of ether oxygens (including phenoxy) is 1. The molecule has 1 unspecified atom stereocenters. The molecule has 0 spiro atoms. The standard InChI is InChI=1S/C15H26N2O3/c1-2-20-15(19)13-6-9-17(10-7-13)14(18)4-3-12-5-8-16-11-12/h12-13,16H,2-11H2,1H3. The topological polar surface area (TPSA) is 58.6 Å². The summed E-state index contributed by atoms with van der Waals surface area (Å²) in [5.74, 6) is 0.796. The van der Waals surface area contributed by atoms with Gasteiger partial charge in [-0.3, -0.25) is 9.59 Å². The summed E-state index contributed by atoms with van der Waals surface area (Å²) in [6, 6.07) is 0. The first-order chi connectivity index (χ1) is 9.70. The van der Waals surface area contributed by atoms with Crippen LogP contribution in [-0.2, 0) is 14.3 Å². The van der Waals surface area contributed by atoms with Gasteiger partial charge in [-0.1, -0.05) is 0 Å². The Morgan fingerprint density at radius 2 is 2.00 bits per heavy atom. The molecular formula is C15H26N2O3. The third-order valence-electron chi connectivity index (χ3n) is 4.40. The van der Waals surface area contributed by atoms with Crippen LogP contribution in [-0.4, -0.2) is 49.6 Å². The maximum atomic E-state index is 12.1. The van der Waals surface area contributed by atoms with Crippen molar-refractivity contribution in [2.45, 2.75) is 39.0 Å². The number of carbonyl (C=O) groups excluding carboxylic acids is 2. The van der Waals surface area contributed by atoms with Gasteiger partial charge in [-0.15, -0.1) is 0 Å². The molecule has 0 aromatic carbocycles. The largest absolute Gasteiger partial charge is 0.466 e. The van der Waals surface area contributed by atoms with E-state index in [2.05, 4.69) is 5.32 Å². The minimum atomic E-state index is -0.100. The van der Waals surface area contributed by atoms with E-state index in [-0.39, 0.29) is 17.8 Å². The Morgan fingerprint density at radius 3 is 2.60 bits per heavy atom. The number of esters is 1. The van der Waals surface area contributed by atoms with Gasteiger partial charge < -0.3 is 15.0 Å². The number of nitrogens with zero attached hydrogens (tertiary/aromatic N) is 1. The quantitative estimate of drug-likeness (QED) is 0.769. The molecule has 2 aliphatic rings. The number of carbonyl (C=O) groups is 2. The molecule has 2 saturated heterocycles. The molecule has 1 atom stereocenters. The van der Waals surface area contributed by atoms with Gasteiger partial charge in [0.05, 0.1) is 12.5 Å². The minimum absolute atomic E-state index is 0.0157. The number of likely N-dealkylation sites (tertiary alicyclic amines) is 1. The molecule has 0 aromatic rings. The number of hydrogen-bond acceptors (Lipinski definition) is 4. The SMILES string of the molecule is CCOC(=O)C1CCN(C(=O)CCC2CCNC2)CC1. The van der Waals surface area contributed by atoms with Crippen LogP contribution in [0.5, 0.6) is 0 Å². The first-order valence-electron chi connectivity index (χ1n) is 7.85. The summed E-state index contributed by atoms with van der Waals surface area (Å²) in [6.07, 6.45) is 4.32. The lowest BCUT2D eigenvalue weighted by molar-refractivity contribution is -0.151. The van der Waals surface area contributed by atoms with Crippen molar-refractivity contribution in [1.29, 1.82) is 0 Å². The van der Waals surface area contributed by atoms with E-state index in [9.17, 15) is 9.59 Å². The van der Waals surface area contributed by atoms with Crippen LogP contribution in [0.25, 0.3) is 0 Å². The van der Waals surface area contributed by atoms with Crippen molar-refractivity contribution < 1.29 is 14.3 Å². The fraction of sp³-hybridized carbons (Fsp3) is 0.867. The summed E-state index contributed by atoms with van der Waals surface area (Å²) in [5.41, 5.74) is 0. The Hall–Kier alpha value is -1.10. The molecular weight excluding hydrogens is 256 g/mol. The van der Waals surface area contributed by atoms with E-state index in [1.807, 2.05) is 11.8 Å². The number of rotatable bonds is 5. The van der Waals surface area contributed by atoms with Gasteiger partial charge in [0, 0.05) is 19.5 Å². The van der Waals surface area contributed by atoms with Crippen LogP contribution in [0.4, 0.5) is 0 Å². The average molecular weight is 282 g/mol. The number of hydrogen-bond donors (Lipinski definition) is 1. The lowest BCUT2D eigenvalue weighted by Gasteiger charge is -2.31. The molecule has 0 aliphatic carbocycles. The lowest BCUT2D eigenvalue weighted by atomic mass is 9.96. The van der Waals surface area contributed by atoms with Crippen molar-refractivity contribution in [2.24, 2.45) is 11.8 Å². The van der Waals surface area contributed by atoms with Crippen molar-refractivity contribution >= 4 is 11.9 Å². The van der Waals surface area contributed by atoms with Crippen LogP contribution < -0.4 is 5.32 Å². The monoisotopic (exact) mass is 282 g/mol. The van der Waals surface area contributed by atoms with Crippen LogP contribution >= 0.6 is 0 Å². The molecule has 0 radical (unpaired) electrons. The molecule has 5 nitrogen and oxygen atoms in total. The smallest absolute Gasteiger partial charge is 0.309 e. The van der Waals surface area contributed by atoms with Gasteiger partial charge in [-0.25, -0.2) is 0 Å². The van der Waals surface area contributed by atoms with Gasteiger partial charge >= 0.3 is 5.97 Å². The number of nitrogens with one attached hydrogen (secondary N) is 1. The molecule has 1 amide bonds. The fourth-order valence-corrected chi connectivity index (χ4v) is 3.07. The second-order valence-corrected chi connectivity index (χ2v) is 5.80.